The number of anilines is 3. The van der Waals surface area contributed by atoms with Gasteiger partial charge in [0.1, 0.15) is 6.04 Å². The molecule has 0 radical (unpaired) electrons. The first-order chi connectivity index (χ1) is 15.5. The fourth-order valence-corrected chi connectivity index (χ4v) is 5.15. The van der Waals surface area contributed by atoms with Crippen molar-refractivity contribution < 1.29 is 21.6 Å². The molecule has 1 unspecified atom stereocenters. The number of rotatable bonds is 8. The van der Waals surface area contributed by atoms with Gasteiger partial charge >= 0.3 is 0 Å². The minimum absolute atomic E-state index is 0.0695. The molecule has 1 aromatic heterocycles. The summed E-state index contributed by atoms with van der Waals surface area (Å²) in [5, 5.41) is 3.02. The molecule has 10 nitrogen and oxygen atoms in total. The number of nitrogens with zero attached hydrogens (tertiary/aromatic N) is 3. The molecule has 13 heteroatoms. The van der Waals surface area contributed by atoms with E-state index in [0.29, 0.717) is 5.02 Å². The van der Waals surface area contributed by atoms with Crippen LogP contribution in [-0.4, -0.2) is 45.0 Å². The number of carbonyl (C=O) groups excluding carboxylic acids is 1. The summed E-state index contributed by atoms with van der Waals surface area (Å²) in [4.78, 5) is 20.3. The van der Waals surface area contributed by atoms with Crippen molar-refractivity contribution in [2.45, 2.75) is 17.9 Å². The third-order valence-electron chi connectivity index (χ3n) is 4.39. The number of hydrogen-bond donors (Lipinski definition) is 2. The number of amides is 1. The molecule has 3 aromatic rings. The van der Waals surface area contributed by atoms with Crippen LogP contribution in [0.1, 0.15) is 6.92 Å². The summed E-state index contributed by atoms with van der Waals surface area (Å²) in [7, 11) is -7.73. The van der Waals surface area contributed by atoms with E-state index in [4.69, 9.17) is 11.6 Å². The summed E-state index contributed by atoms with van der Waals surface area (Å²) in [6.45, 7) is 1.44. The molecule has 174 valence electrons. The molecule has 0 aliphatic rings. The minimum atomic E-state index is -3.93. The number of halogens is 1. The predicted molar refractivity (Wildman–Crippen MR) is 126 cm³/mol. The monoisotopic (exact) mass is 509 g/mol. The lowest BCUT2D eigenvalue weighted by molar-refractivity contribution is -0.116. The molecule has 0 aliphatic carbocycles. The van der Waals surface area contributed by atoms with Gasteiger partial charge in [0.15, 0.2) is 0 Å². The van der Waals surface area contributed by atoms with Crippen LogP contribution in [0, 0.1) is 0 Å². The zero-order valence-corrected chi connectivity index (χ0v) is 19.9. The number of nitrogens with one attached hydrogen (secondary N) is 2. The van der Waals surface area contributed by atoms with E-state index in [1.807, 2.05) is 0 Å². The second kappa shape index (κ2) is 9.73. The summed E-state index contributed by atoms with van der Waals surface area (Å²) in [6, 6.07) is 11.8. The fourth-order valence-electron chi connectivity index (χ4n) is 2.89. The van der Waals surface area contributed by atoms with Crippen molar-refractivity contribution in [1.29, 1.82) is 0 Å². The van der Waals surface area contributed by atoms with E-state index < -0.39 is 32.0 Å². The van der Waals surface area contributed by atoms with Gasteiger partial charge in [-0.25, -0.2) is 31.5 Å². The molecule has 0 aliphatic heterocycles. The highest BCUT2D eigenvalue weighted by Crippen LogP contribution is 2.24. The van der Waals surface area contributed by atoms with Gasteiger partial charge in [-0.15, -0.1) is 0 Å². The molecule has 0 fully saturated rings. The van der Waals surface area contributed by atoms with E-state index in [2.05, 4.69) is 20.0 Å². The lowest BCUT2D eigenvalue weighted by Crippen LogP contribution is -2.45. The van der Waals surface area contributed by atoms with E-state index in [1.165, 1.54) is 67.8 Å². The first-order valence-corrected chi connectivity index (χ1v) is 13.1. The third-order valence-corrected chi connectivity index (χ3v) is 7.23. The Labute approximate surface area is 196 Å². The molecule has 1 amide bonds. The lowest BCUT2D eigenvalue weighted by Gasteiger charge is -2.28. The van der Waals surface area contributed by atoms with Crippen LogP contribution in [0.4, 0.5) is 17.3 Å². The molecule has 0 saturated heterocycles. The maximum atomic E-state index is 12.8. The molecule has 0 bridgehead atoms. The summed E-state index contributed by atoms with van der Waals surface area (Å²) in [5.41, 5.74) is 0.562. The Balaban J connectivity index is 1.76. The number of hydrogen-bond acceptors (Lipinski definition) is 7. The molecule has 0 saturated carbocycles. The Kier molecular flexibility index (Phi) is 7.20. The van der Waals surface area contributed by atoms with E-state index in [1.54, 1.807) is 6.07 Å². The highest BCUT2D eigenvalue weighted by molar-refractivity contribution is 7.92. The van der Waals surface area contributed by atoms with Crippen LogP contribution in [0.5, 0.6) is 0 Å². The Morgan fingerprint density at radius 1 is 0.970 bits per heavy atom. The van der Waals surface area contributed by atoms with Gasteiger partial charge in [-0.2, -0.15) is 0 Å². The second-order valence-electron chi connectivity index (χ2n) is 6.90. The van der Waals surface area contributed by atoms with Crippen molar-refractivity contribution in [1.82, 2.24) is 9.97 Å². The molecule has 0 spiro atoms. The zero-order chi connectivity index (χ0) is 24.2. The first kappa shape index (κ1) is 24.4. The quantitative estimate of drug-likeness (QED) is 0.476. The van der Waals surface area contributed by atoms with Gasteiger partial charge in [-0.05, 0) is 61.5 Å². The SMILES string of the molecule is CC(C(=O)Nc1ccc(S(=O)(=O)Nc2ncccn2)cc1)N(c1ccc(Cl)cc1)S(C)(=O)=O. The fraction of sp³-hybridized carbons (Fsp3) is 0.150. The van der Waals surface area contributed by atoms with E-state index in [0.717, 1.165) is 10.6 Å². The van der Waals surface area contributed by atoms with Crippen molar-refractivity contribution in [2.24, 2.45) is 0 Å². The Morgan fingerprint density at radius 3 is 2.09 bits per heavy atom. The lowest BCUT2D eigenvalue weighted by atomic mass is 10.2. The summed E-state index contributed by atoms with van der Waals surface area (Å²) in [5.74, 6) is -0.687. The third kappa shape index (κ3) is 6.18. The zero-order valence-electron chi connectivity index (χ0n) is 17.5. The van der Waals surface area contributed by atoms with Gasteiger partial charge in [0, 0.05) is 23.1 Å². The van der Waals surface area contributed by atoms with E-state index in [9.17, 15) is 21.6 Å². The van der Waals surface area contributed by atoms with Gasteiger partial charge in [-0.1, -0.05) is 11.6 Å². The Hall–Kier alpha value is -3.22. The molecule has 33 heavy (non-hydrogen) atoms. The maximum Gasteiger partial charge on any atom is 0.264 e. The highest BCUT2D eigenvalue weighted by Gasteiger charge is 2.29. The summed E-state index contributed by atoms with van der Waals surface area (Å²) in [6.07, 6.45) is 3.79. The van der Waals surface area contributed by atoms with Crippen LogP contribution in [0.3, 0.4) is 0 Å². The topological polar surface area (TPSA) is 138 Å². The van der Waals surface area contributed by atoms with Gasteiger partial charge in [0.2, 0.25) is 21.9 Å². The first-order valence-electron chi connectivity index (χ1n) is 9.43. The van der Waals surface area contributed by atoms with Gasteiger partial charge in [0.25, 0.3) is 10.0 Å². The molecule has 1 atom stereocenters. The van der Waals surface area contributed by atoms with Crippen LogP contribution in [0.25, 0.3) is 0 Å². The Bertz CT molecular complexity index is 1330. The van der Waals surface area contributed by atoms with Gasteiger partial charge in [-0.3, -0.25) is 9.10 Å². The highest BCUT2D eigenvalue weighted by atomic mass is 35.5. The smallest absolute Gasteiger partial charge is 0.264 e. The van der Waals surface area contributed by atoms with Crippen molar-refractivity contribution in [3.05, 3.63) is 72.0 Å². The van der Waals surface area contributed by atoms with Crippen LogP contribution in [0.2, 0.25) is 5.02 Å². The van der Waals surface area contributed by atoms with E-state index >= 15 is 0 Å². The van der Waals surface area contributed by atoms with E-state index in [-0.39, 0.29) is 22.2 Å². The van der Waals surface area contributed by atoms with Crippen molar-refractivity contribution in [2.75, 3.05) is 20.6 Å². The number of benzene rings is 2. The second-order valence-corrected chi connectivity index (χ2v) is 10.9. The van der Waals surface area contributed by atoms with Gasteiger partial charge in [0.05, 0.1) is 16.8 Å². The minimum Gasteiger partial charge on any atom is -0.324 e. The standard InChI is InChI=1S/C20H20ClN5O5S2/c1-14(26(32(2,28)29)17-8-4-15(21)5-9-17)19(27)24-16-6-10-18(11-7-16)33(30,31)25-20-22-12-3-13-23-20/h3-14H,1-2H3,(H,24,27)(H,22,23,25). The maximum absolute atomic E-state index is 12.8. The van der Waals surface area contributed by atoms with Crippen LogP contribution in [-0.2, 0) is 24.8 Å². The largest absolute Gasteiger partial charge is 0.324 e. The Morgan fingerprint density at radius 2 is 1.55 bits per heavy atom. The number of aromatic nitrogens is 2. The molecule has 2 N–H and O–H groups in total. The van der Waals surface area contributed by atoms with Crippen molar-refractivity contribution in [3.8, 4) is 0 Å². The summed E-state index contributed by atoms with van der Waals surface area (Å²) < 4.78 is 52.8. The average molecular weight is 510 g/mol. The van der Waals surface area contributed by atoms with Crippen molar-refractivity contribution >= 4 is 54.9 Å². The number of sulfonamides is 2. The molecule has 3 rings (SSSR count). The average Bonchev–Trinajstić information content (AvgIpc) is 2.75. The van der Waals surface area contributed by atoms with Crippen LogP contribution >= 0.6 is 11.6 Å². The number of carbonyl (C=O) groups is 1. The molecule has 1 heterocycles. The molecular weight excluding hydrogens is 490 g/mol. The van der Waals surface area contributed by atoms with Gasteiger partial charge < -0.3 is 5.32 Å². The molecule has 2 aromatic carbocycles. The molecular formula is C20H20ClN5O5S2. The summed E-state index contributed by atoms with van der Waals surface area (Å²) >= 11 is 5.87. The van der Waals surface area contributed by atoms with Crippen LogP contribution in [0.15, 0.2) is 71.9 Å². The van der Waals surface area contributed by atoms with Crippen molar-refractivity contribution in [3.63, 3.8) is 0 Å². The predicted octanol–water partition coefficient (Wildman–Crippen LogP) is 2.72. The normalized spacial score (nSPS) is 12.6. The van der Waals surface area contributed by atoms with Crippen LogP contribution < -0.4 is 14.3 Å².